The summed E-state index contributed by atoms with van der Waals surface area (Å²) in [6.45, 7) is 6.74. The summed E-state index contributed by atoms with van der Waals surface area (Å²) in [5, 5.41) is 18.6. The van der Waals surface area contributed by atoms with Crippen LogP contribution >= 0.6 is 0 Å². The highest BCUT2D eigenvalue weighted by Crippen LogP contribution is 2.29. The van der Waals surface area contributed by atoms with Crippen molar-refractivity contribution in [3.63, 3.8) is 0 Å². The van der Waals surface area contributed by atoms with Crippen molar-refractivity contribution in [3.8, 4) is 6.07 Å². The molecule has 0 radical (unpaired) electrons. The predicted octanol–water partition coefficient (Wildman–Crippen LogP) is 3.05. The second kappa shape index (κ2) is 5.84. The smallest absolute Gasteiger partial charge is 0.408 e. The topological polar surface area (TPSA) is 67.6 Å². The third-order valence-electron chi connectivity index (χ3n) is 3.88. The van der Waals surface area contributed by atoms with Gasteiger partial charge >= 0.3 is 6.09 Å². The zero-order chi connectivity index (χ0) is 16.5. The molecule has 0 spiro atoms. The van der Waals surface area contributed by atoms with E-state index in [0.717, 1.165) is 0 Å². The zero-order valence-corrected chi connectivity index (χ0v) is 13.0. The number of carbonyl (C=O) groups is 1. The third kappa shape index (κ3) is 3.14. The van der Waals surface area contributed by atoms with Crippen molar-refractivity contribution in [2.24, 2.45) is 0 Å². The number of nitrogens with zero attached hydrogens (tertiary/aromatic N) is 3. The first-order valence-electron chi connectivity index (χ1n) is 7.21. The van der Waals surface area contributed by atoms with Gasteiger partial charge in [-0.15, -0.1) is 0 Å². The molecule has 1 aliphatic rings. The van der Waals surface area contributed by atoms with Crippen molar-refractivity contribution in [1.82, 2.24) is 4.90 Å². The highest BCUT2D eigenvalue weighted by Gasteiger charge is 2.37. The second-order valence-electron chi connectivity index (χ2n) is 6.49. The molecule has 0 saturated carbocycles. The number of rotatable bonds is 2. The van der Waals surface area contributed by atoms with Crippen molar-refractivity contribution in [2.45, 2.75) is 38.8 Å². The average molecular weight is 305 g/mol. The fourth-order valence-electron chi connectivity index (χ4n) is 3.04. The van der Waals surface area contributed by atoms with Crippen molar-refractivity contribution in [2.75, 3.05) is 18.0 Å². The molecule has 1 saturated heterocycles. The summed E-state index contributed by atoms with van der Waals surface area (Å²) in [5.74, 6) is -0.446. The van der Waals surface area contributed by atoms with Crippen molar-refractivity contribution >= 4 is 11.8 Å². The molecule has 2 rings (SSSR count). The van der Waals surface area contributed by atoms with Gasteiger partial charge in [0.2, 0.25) is 0 Å². The van der Waals surface area contributed by atoms with E-state index < -0.39 is 17.4 Å². The lowest BCUT2D eigenvalue weighted by molar-refractivity contribution is 0.0763. The van der Waals surface area contributed by atoms with Crippen LogP contribution in [0.25, 0.3) is 0 Å². The molecule has 1 heterocycles. The van der Waals surface area contributed by atoms with Gasteiger partial charge in [-0.05, 0) is 45.4 Å². The molecule has 0 unspecified atom stereocenters. The van der Waals surface area contributed by atoms with Crippen molar-refractivity contribution in [1.29, 1.82) is 5.26 Å². The van der Waals surface area contributed by atoms with E-state index in [1.54, 1.807) is 6.07 Å². The molecule has 1 N–H and O–H groups in total. The molecular formula is C16H20FN3O2. The number of carboxylic acid groups (broad SMARTS) is 1. The summed E-state index contributed by atoms with van der Waals surface area (Å²) in [7, 11) is 0. The minimum atomic E-state index is -0.945. The number of hydrogen-bond acceptors (Lipinski definition) is 3. The fourth-order valence-corrected chi connectivity index (χ4v) is 3.04. The van der Waals surface area contributed by atoms with Crippen LogP contribution in [0.2, 0.25) is 0 Å². The molecule has 1 amide bonds. The molecule has 1 aromatic carbocycles. The molecule has 1 aromatic rings. The standard InChI is InChI=1S/C16H20FN3O2/c1-16(2,3)20(15(21)22)13-6-7-19(10-13)14-5-4-12(17)8-11(14)9-18/h4-5,8,13H,6-7,10H2,1-3H3,(H,21,22)/t13-/m0/s1. The van der Waals surface area contributed by atoms with E-state index in [0.29, 0.717) is 25.2 Å². The maximum atomic E-state index is 13.2. The molecule has 0 aromatic heterocycles. The van der Waals surface area contributed by atoms with Crippen LogP contribution in [-0.4, -0.2) is 40.8 Å². The van der Waals surface area contributed by atoms with Crippen LogP contribution in [0.1, 0.15) is 32.8 Å². The Bertz CT molecular complexity index is 619. The Morgan fingerprint density at radius 2 is 2.18 bits per heavy atom. The number of hydrogen-bond donors (Lipinski definition) is 1. The molecular weight excluding hydrogens is 285 g/mol. The number of halogens is 1. The van der Waals surface area contributed by atoms with Crippen LogP contribution < -0.4 is 4.90 Å². The van der Waals surface area contributed by atoms with Gasteiger partial charge in [0, 0.05) is 18.6 Å². The van der Waals surface area contributed by atoms with Crippen LogP contribution in [0.5, 0.6) is 0 Å². The minimum Gasteiger partial charge on any atom is -0.465 e. The van der Waals surface area contributed by atoms with Gasteiger partial charge in [0.15, 0.2) is 0 Å². The lowest BCUT2D eigenvalue weighted by Crippen LogP contribution is -2.52. The summed E-state index contributed by atoms with van der Waals surface area (Å²) in [4.78, 5) is 15.0. The first-order valence-corrected chi connectivity index (χ1v) is 7.21. The Kier molecular flexibility index (Phi) is 4.27. The van der Waals surface area contributed by atoms with Gasteiger partial charge in [-0.2, -0.15) is 5.26 Å². The maximum absolute atomic E-state index is 13.2. The van der Waals surface area contributed by atoms with Gasteiger partial charge in [0.25, 0.3) is 0 Å². The van der Waals surface area contributed by atoms with Crippen LogP contribution in [0, 0.1) is 17.1 Å². The Hall–Kier alpha value is -2.29. The fraction of sp³-hybridized carbons (Fsp3) is 0.500. The van der Waals surface area contributed by atoms with E-state index in [1.807, 2.05) is 31.7 Å². The zero-order valence-electron chi connectivity index (χ0n) is 13.0. The van der Waals surface area contributed by atoms with Crippen molar-refractivity contribution < 1.29 is 14.3 Å². The van der Waals surface area contributed by atoms with Gasteiger partial charge < -0.3 is 10.0 Å². The molecule has 0 aliphatic carbocycles. The number of amides is 1. The number of anilines is 1. The maximum Gasteiger partial charge on any atom is 0.408 e. The van der Waals surface area contributed by atoms with Crippen LogP contribution in [0.4, 0.5) is 14.9 Å². The van der Waals surface area contributed by atoms with E-state index in [1.165, 1.54) is 17.0 Å². The predicted molar refractivity (Wildman–Crippen MR) is 81.3 cm³/mol. The van der Waals surface area contributed by atoms with E-state index in [2.05, 4.69) is 0 Å². The quantitative estimate of drug-likeness (QED) is 0.912. The summed E-state index contributed by atoms with van der Waals surface area (Å²) < 4.78 is 13.2. The third-order valence-corrected chi connectivity index (χ3v) is 3.88. The van der Waals surface area contributed by atoms with Gasteiger partial charge in [0.1, 0.15) is 11.9 Å². The molecule has 1 aliphatic heterocycles. The lowest BCUT2D eigenvalue weighted by atomic mass is 10.0. The lowest BCUT2D eigenvalue weighted by Gasteiger charge is -2.38. The number of nitriles is 1. The van der Waals surface area contributed by atoms with Crippen LogP contribution in [-0.2, 0) is 0 Å². The highest BCUT2D eigenvalue weighted by molar-refractivity contribution is 5.67. The SMILES string of the molecule is CC(C)(C)N(C(=O)O)[C@H]1CCN(c2ccc(F)cc2C#N)C1. The molecule has 1 fully saturated rings. The largest absolute Gasteiger partial charge is 0.465 e. The summed E-state index contributed by atoms with van der Waals surface area (Å²) in [5.41, 5.74) is 0.442. The van der Waals surface area contributed by atoms with E-state index >= 15 is 0 Å². The molecule has 22 heavy (non-hydrogen) atoms. The molecule has 118 valence electrons. The van der Waals surface area contributed by atoms with E-state index in [4.69, 9.17) is 5.26 Å². The normalized spacial score (nSPS) is 18.1. The molecule has 5 nitrogen and oxygen atoms in total. The Morgan fingerprint density at radius 3 is 2.73 bits per heavy atom. The Morgan fingerprint density at radius 1 is 1.50 bits per heavy atom. The van der Waals surface area contributed by atoms with Crippen molar-refractivity contribution in [3.05, 3.63) is 29.6 Å². The Labute approximate surface area is 129 Å². The highest BCUT2D eigenvalue weighted by atomic mass is 19.1. The first kappa shape index (κ1) is 16.1. The summed E-state index contributed by atoms with van der Waals surface area (Å²) in [6, 6.07) is 5.97. The van der Waals surface area contributed by atoms with Gasteiger partial charge in [-0.3, -0.25) is 4.90 Å². The van der Waals surface area contributed by atoms with E-state index in [9.17, 15) is 14.3 Å². The monoisotopic (exact) mass is 305 g/mol. The minimum absolute atomic E-state index is 0.144. The average Bonchev–Trinajstić information content (AvgIpc) is 2.85. The molecule has 1 atom stereocenters. The van der Waals surface area contributed by atoms with Gasteiger partial charge in [0.05, 0.1) is 17.3 Å². The second-order valence-corrected chi connectivity index (χ2v) is 6.49. The first-order chi connectivity index (χ1) is 10.2. The van der Waals surface area contributed by atoms with Crippen LogP contribution in [0.15, 0.2) is 18.2 Å². The van der Waals surface area contributed by atoms with Gasteiger partial charge in [-0.1, -0.05) is 0 Å². The summed E-state index contributed by atoms with van der Waals surface area (Å²) in [6.07, 6.45) is -0.259. The molecule has 6 heteroatoms. The van der Waals surface area contributed by atoms with E-state index in [-0.39, 0.29) is 11.6 Å². The Balaban J connectivity index is 2.23. The summed E-state index contributed by atoms with van der Waals surface area (Å²) >= 11 is 0. The number of benzene rings is 1. The van der Waals surface area contributed by atoms with Crippen LogP contribution in [0.3, 0.4) is 0 Å². The molecule has 0 bridgehead atoms. The van der Waals surface area contributed by atoms with Gasteiger partial charge in [-0.25, -0.2) is 9.18 Å².